The maximum atomic E-state index is 9.23. The van der Waals surface area contributed by atoms with Crippen LogP contribution in [0, 0.1) is 6.92 Å². The highest BCUT2D eigenvalue weighted by molar-refractivity contribution is 5.48. The summed E-state index contributed by atoms with van der Waals surface area (Å²) in [5.41, 5.74) is 2.81. The van der Waals surface area contributed by atoms with Gasteiger partial charge in [-0.25, -0.2) is 0 Å². The molecule has 0 aromatic carbocycles. The summed E-state index contributed by atoms with van der Waals surface area (Å²) in [5, 5.41) is 12.2. The molecule has 0 aliphatic carbocycles. The van der Waals surface area contributed by atoms with E-state index in [0.717, 1.165) is 11.3 Å². The number of aliphatic hydroxyl groups excluding tert-OH is 1. The van der Waals surface area contributed by atoms with Gasteiger partial charge in [0.25, 0.3) is 0 Å². The Balaban J connectivity index is 3.02. The highest BCUT2D eigenvalue weighted by Crippen LogP contribution is 2.16. The topological polar surface area (TPSA) is 45.2 Å². The van der Waals surface area contributed by atoms with Crippen LogP contribution in [0.15, 0.2) is 12.3 Å². The Kier molecular flexibility index (Phi) is 2.65. The molecule has 1 aromatic heterocycles. The molecule has 66 valence electrons. The molecule has 1 unspecified atom stereocenters. The lowest BCUT2D eigenvalue weighted by molar-refractivity contribution is 0.194. The summed E-state index contributed by atoms with van der Waals surface area (Å²) in [5.74, 6) is 0. The van der Waals surface area contributed by atoms with Crippen LogP contribution in [0.1, 0.15) is 24.3 Å². The number of aromatic nitrogens is 1. The maximum Gasteiger partial charge on any atom is 0.0931 e. The molecule has 1 atom stereocenters. The molecule has 0 saturated carbocycles. The van der Waals surface area contributed by atoms with Gasteiger partial charge in [-0.15, -0.1) is 0 Å². The van der Waals surface area contributed by atoms with Gasteiger partial charge in [-0.1, -0.05) is 0 Å². The van der Waals surface area contributed by atoms with Crippen molar-refractivity contribution in [3.05, 3.63) is 23.5 Å². The van der Waals surface area contributed by atoms with Gasteiger partial charge in [-0.3, -0.25) is 4.98 Å². The minimum atomic E-state index is -0.491. The third-order valence-corrected chi connectivity index (χ3v) is 1.83. The van der Waals surface area contributed by atoms with Crippen molar-refractivity contribution in [2.45, 2.75) is 20.0 Å². The van der Waals surface area contributed by atoms with Gasteiger partial charge in [0.15, 0.2) is 0 Å². The molecule has 0 bridgehead atoms. The Bertz CT molecular complexity index is 271. The van der Waals surface area contributed by atoms with E-state index in [9.17, 15) is 5.11 Å². The van der Waals surface area contributed by atoms with E-state index in [1.807, 2.05) is 20.0 Å². The van der Waals surface area contributed by atoms with Crippen LogP contribution >= 0.6 is 0 Å². The predicted octanol–water partition coefficient (Wildman–Crippen LogP) is 1.49. The van der Waals surface area contributed by atoms with Crippen molar-refractivity contribution in [1.82, 2.24) is 4.98 Å². The number of nitrogens with one attached hydrogen (secondary N) is 1. The Labute approximate surface area is 72.5 Å². The van der Waals surface area contributed by atoms with E-state index in [1.54, 1.807) is 13.1 Å². The number of hydrogen-bond donors (Lipinski definition) is 2. The van der Waals surface area contributed by atoms with E-state index < -0.39 is 6.10 Å². The lowest BCUT2D eigenvalue weighted by atomic mass is 10.2. The van der Waals surface area contributed by atoms with Gasteiger partial charge >= 0.3 is 0 Å². The fourth-order valence-corrected chi connectivity index (χ4v) is 1.07. The molecule has 0 spiro atoms. The Morgan fingerprint density at radius 2 is 2.25 bits per heavy atom. The first kappa shape index (κ1) is 9.00. The van der Waals surface area contributed by atoms with E-state index in [4.69, 9.17) is 0 Å². The zero-order valence-corrected chi connectivity index (χ0v) is 7.63. The normalized spacial score (nSPS) is 12.7. The second-order valence-corrected chi connectivity index (χ2v) is 2.85. The average molecular weight is 166 g/mol. The van der Waals surface area contributed by atoms with Crippen LogP contribution in [-0.4, -0.2) is 17.1 Å². The molecule has 1 heterocycles. The van der Waals surface area contributed by atoms with Gasteiger partial charge in [-0.2, -0.15) is 0 Å². The highest BCUT2D eigenvalue weighted by Gasteiger charge is 2.03. The van der Waals surface area contributed by atoms with Crippen molar-refractivity contribution in [2.75, 3.05) is 12.4 Å². The van der Waals surface area contributed by atoms with Crippen LogP contribution in [0.4, 0.5) is 5.69 Å². The Morgan fingerprint density at radius 1 is 1.58 bits per heavy atom. The molecule has 0 amide bonds. The van der Waals surface area contributed by atoms with Gasteiger partial charge in [0, 0.05) is 7.05 Å². The standard InChI is InChI=1S/C9H14N2O/c1-6-4-8(7(2)12)11-5-9(6)10-3/h4-5,7,10,12H,1-3H3. The SMILES string of the molecule is CNc1cnc(C(C)O)cc1C. The van der Waals surface area contributed by atoms with Crippen LogP contribution in [0.5, 0.6) is 0 Å². The van der Waals surface area contributed by atoms with Gasteiger partial charge < -0.3 is 10.4 Å². The van der Waals surface area contributed by atoms with Gasteiger partial charge in [0.2, 0.25) is 0 Å². The monoisotopic (exact) mass is 166 g/mol. The molecule has 0 saturated heterocycles. The van der Waals surface area contributed by atoms with Crippen LogP contribution in [0.2, 0.25) is 0 Å². The maximum absolute atomic E-state index is 9.23. The average Bonchev–Trinajstić information content (AvgIpc) is 2.04. The van der Waals surface area contributed by atoms with Crippen molar-refractivity contribution >= 4 is 5.69 Å². The Morgan fingerprint density at radius 3 is 2.67 bits per heavy atom. The first-order chi connectivity index (χ1) is 5.65. The summed E-state index contributed by atoms with van der Waals surface area (Å²) in [6, 6.07) is 1.89. The van der Waals surface area contributed by atoms with E-state index in [2.05, 4.69) is 10.3 Å². The van der Waals surface area contributed by atoms with Crippen LogP contribution in [0.25, 0.3) is 0 Å². The number of anilines is 1. The Hall–Kier alpha value is -1.09. The first-order valence-electron chi connectivity index (χ1n) is 3.97. The molecule has 1 aromatic rings. The molecule has 3 heteroatoms. The molecule has 0 aliphatic heterocycles. The minimum Gasteiger partial charge on any atom is -0.387 e. The van der Waals surface area contributed by atoms with E-state index in [0.29, 0.717) is 5.69 Å². The number of rotatable bonds is 2. The predicted molar refractivity (Wildman–Crippen MR) is 49.2 cm³/mol. The van der Waals surface area contributed by atoms with Crippen molar-refractivity contribution in [3.8, 4) is 0 Å². The summed E-state index contributed by atoms with van der Waals surface area (Å²) in [6.07, 6.45) is 1.24. The van der Waals surface area contributed by atoms with Gasteiger partial charge in [0.05, 0.1) is 23.7 Å². The summed E-state index contributed by atoms with van der Waals surface area (Å²) in [6.45, 7) is 3.69. The lowest BCUT2D eigenvalue weighted by Gasteiger charge is -2.08. The molecule has 0 radical (unpaired) electrons. The molecule has 2 N–H and O–H groups in total. The third kappa shape index (κ3) is 1.74. The number of nitrogens with zero attached hydrogens (tertiary/aromatic N) is 1. The summed E-state index contributed by atoms with van der Waals surface area (Å²) >= 11 is 0. The molecule has 12 heavy (non-hydrogen) atoms. The largest absolute Gasteiger partial charge is 0.387 e. The van der Waals surface area contributed by atoms with E-state index in [-0.39, 0.29) is 0 Å². The van der Waals surface area contributed by atoms with Crippen molar-refractivity contribution in [1.29, 1.82) is 0 Å². The number of pyridine rings is 1. The smallest absolute Gasteiger partial charge is 0.0931 e. The molecule has 0 fully saturated rings. The van der Waals surface area contributed by atoms with Crippen LogP contribution in [0.3, 0.4) is 0 Å². The summed E-state index contributed by atoms with van der Waals surface area (Å²) in [4.78, 5) is 4.10. The van der Waals surface area contributed by atoms with Crippen molar-refractivity contribution < 1.29 is 5.11 Å². The minimum absolute atomic E-state index is 0.491. The van der Waals surface area contributed by atoms with E-state index >= 15 is 0 Å². The first-order valence-corrected chi connectivity index (χ1v) is 3.97. The summed E-state index contributed by atoms with van der Waals surface area (Å²) < 4.78 is 0. The second-order valence-electron chi connectivity index (χ2n) is 2.85. The quantitative estimate of drug-likeness (QED) is 0.699. The summed E-state index contributed by atoms with van der Waals surface area (Å²) in [7, 11) is 1.85. The zero-order chi connectivity index (χ0) is 9.14. The van der Waals surface area contributed by atoms with E-state index in [1.165, 1.54) is 0 Å². The highest BCUT2D eigenvalue weighted by atomic mass is 16.3. The number of aryl methyl sites for hydroxylation is 1. The molecular weight excluding hydrogens is 152 g/mol. The third-order valence-electron chi connectivity index (χ3n) is 1.83. The van der Waals surface area contributed by atoms with Crippen molar-refractivity contribution in [2.24, 2.45) is 0 Å². The van der Waals surface area contributed by atoms with Crippen LogP contribution < -0.4 is 5.32 Å². The lowest BCUT2D eigenvalue weighted by Crippen LogP contribution is -1.99. The van der Waals surface area contributed by atoms with Crippen LogP contribution in [-0.2, 0) is 0 Å². The molecule has 0 aliphatic rings. The molecule has 3 nitrogen and oxygen atoms in total. The number of aliphatic hydroxyl groups is 1. The van der Waals surface area contributed by atoms with Gasteiger partial charge in [0.1, 0.15) is 0 Å². The van der Waals surface area contributed by atoms with Crippen molar-refractivity contribution in [3.63, 3.8) is 0 Å². The van der Waals surface area contributed by atoms with Gasteiger partial charge in [-0.05, 0) is 25.5 Å². The fourth-order valence-electron chi connectivity index (χ4n) is 1.07. The molecular formula is C9H14N2O. The zero-order valence-electron chi connectivity index (χ0n) is 7.63. The molecule has 1 rings (SSSR count). The second kappa shape index (κ2) is 3.54. The fraction of sp³-hybridized carbons (Fsp3) is 0.444. The number of hydrogen-bond acceptors (Lipinski definition) is 3.